The molecule has 2 N–H and O–H groups in total. The minimum absolute atomic E-state index is 0.266. The summed E-state index contributed by atoms with van der Waals surface area (Å²) in [5.41, 5.74) is 1.64. The van der Waals surface area contributed by atoms with Gasteiger partial charge in [-0.15, -0.1) is 0 Å². The van der Waals surface area contributed by atoms with E-state index >= 15 is 0 Å². The van der Waals surface area contributed by atoms with Gasteiger partial charge >= 0.3 is 6.03 Å². The van der Waals surface area contributed by atoms with Crippen LogP contribution >= 0.6 is 0 Å². The van der Waals surface area contributed by atoms with E-state index in [1.165, 1.54) is 0 Å². The number of hydrogen-bond donors (Lipinski definition) is 2. The molecule has 0 bridgehead atoms. The molecule has 0 aliphatic heterocycles. The normalized spacial score (nSPS) is 13.0. The van der Waals surface area contributed by atoms with Gasteiger partial charge in [0.1, 0.15) is 22.8 Å². The van der Waals surface area contributed by atoms with Gasteiger partial charge in [-0.2, -0.15) is 0 Å². The highest BCUT2D eigenvalue weighted by molar-refractivity contribution is 5.78. The van der Waals surface area contributed by atoms with E-state index in [1.807, 2.05) is 62.4 Å². The summed E-state index contributed by atoms with van der Waals surface area (Å²) in [6.45, 7) is 3.77. The van der Waals surface area contributed by atoms with Gasteiger partial charge in [0.2, 0.25) is 0 Å². The molecule has 0 aliphatic rings. The maximum Gasteiger partial charge on any atom is 0.315 e. The first-order valence-electron chi connectivity index (χ1n) is 8.79. The van der Waals surface area contributed by atoms with Crippen LogP contribution in [0.15, 0.2) is 52.9 Å². The van der Waals surface area contributed by atoms with Gasteiger partial charge in [-0.3, -0.25) is 0 Å². The Hall–Kier alpha value is -3.15. The molecular weight excluding hydrogens is 344 g/mol. The minimum atomic E-state index is -0.291. The molecule has 2 amide bonds. The highest BCUT2D eigenvalue weighted by Crippen LogP contribution is 2.29. The fourth-order valence-electron chi connectivity index (χ4n) is 2.98. The maximum absolute atomic E-state index is 12.4. The molecule has 1 heterocycles. The van der Waals surface area contributed by atoms with E-state index in [4.69, 9.17) is 13.9 Å². The molecule has 0 saturated carbocycles. The number of carbonyl (C=O) groups is 1. The Kier molecular flexibility index (Phi) is 5.54. The summed E-state index contributed by atoms with van der Waals surface area (Å²) < 4.78 is 16.5. The van der Waals surface area contributed by atoms with Crippen LogP contribution in [-0.2, 0) is 0 Å². The number of carbonyl (C=O) groups excluding carboxylic acids is 1. The molecule has 0 aliphatic carbocycles. The lowest BCUT2D eigenvalue weighted by Gasteiger charge is -2.20. The second-order valence-corrected chi connectivity index (χ2v) is 6.36. The molecule has 6 nitrogen and oxygen atoms in total. The second kappa shape index (κ2) is 8.03. The summed E-state index contributed by atoms with van der Waals surface area (Å²) in [5, 5.41) is 6.85. The van der Waals surface area contributed by atoms with Gasteiger partial charge in [0.25, 0.3) is 0 Å². The smallest absolute Gasteiger partial charge is 0.315 e. The number of amides is 2. The predicted molar refractivity (Wildman–Crippen MR) is 104 cm³/mol. The van der Waals surface area contributed by atoms with Crippen LogP contribution in [0.5, 0.6) is 11.5 Å². The summed E-state index contributed by atoms with van der Waals surface area (Å²) in [6.07, 6.45) is 0. The lowest BCUT2D eigenvalue weighted by atomic mass is 10.1. The van der Waals surface area contributed by atoms with Gasteiger partial charge in [0.15, 0.2) is 0 Å². The fourth-order valence-corrected chi connectivity index (χ4v) is 2.98. The van der Waals surface area contributed by atoms with E-state index < -0.39 is 0 Å². The molecule has 0 spiro atoms. The molecule has 0 radical (unpaired) electrons. The van der Waals surface area contributed by atoms with Crippen molar-refractivity contribution < 1.29 is 18.7 Å². The highest BCUT2D eigenvalue weighted by atomic mass is 16.5. The average molecular weight is 368 g/mol. The third-order valence-corrected chi connectivity index (χ3v) is 4.47. The first-order valence-corrected chi connectivity index (χ1v) is 8.79. The first-order chi connectivity index (χ1) is 13.0. The zero-order valence-corrected chi connectivity index (χ0v) is 15.9. The number of nitrogens with one attached hydrogen (secondary N) is 2. The van der Waals surface area contributed by atoms with Crippen molar-refractivity contribution in [2.45, 2.75) is 25.9 Å². The summed E-state index contributed by atoms with van der Waals surface area (Å²) in [6, 6.07) is 14.4. The van der Waals surface area contributed by atoms with Crippen LogP contribution in [0.25, 0.3) is 11.0 Å². The van der Waals surface area contributed by atoms with Crippen LogP contribution in [0.1, 0.15) is 37.3 Å². The second-order valence-electron chi connectivity index (χ2n) is 6.36. The number of para-hydroxylation sites is 1. The Morgan fingerprint density at radius 2 is 1.70 bits per heavy atom. The Labute approximate surface area is 158 Å². The standard InChI is InChI=1S/C21H24N2O4/c1-13(17-12-16(25-3)9-10-19(17)26-4)22-21(24)23-14(2)20-11-15-7-5-6-8-18(15)27-20/h5-14H,1-4H3,(H2,22,23,24)/t13-,14-/m1/s1. The lowest BCUT2D eigenvalue weighted by molar-refractivity contribution is 0.233. The van der Waals surface area contributed by atoms with Gasteiger partial charge in [-0.05, 0) is 44.2 Å². The first kappa shape index (κ1) is 18.6. The number of benzene rings is 2. The van der Waals surface area contributed by atoms with E-state index in [9.17, 15) is 4.79 Å². The topological polar surface area (TPSA) is 72.7 Å². The Morgan fingerprint density at radius 3 is 2.41 bits per heavy atom. The van der Waals surface area contributed by atoms with Crippen LogP contribution < -0.4 is 20.1 Å². The zero-order valence-electron chi connectivity index (χ0n) is 15.9. The molecule has 0 unspecified atom stereocenters. The molecule has 2 aromatic carbocycles. The van der Waals surface area contributed by atoms with Crippen LogP contribution in [0.2, 0.25) is 0 Å². The SMILES string of the molecule is COc1ccc(OC)c([C@@H](C)NC(=O)N[C@H](C)c2cc3ccccc3o2)c1. The van der Waals surface area contributed by atoms with E-state index in [1.54, 1.807) is 14.2 Å². The van der Waals surface area contributed by atoms with Crippen molar-refractivity contribution in [1.29, 1.82) is 0 Å². The van der Waals surface area contributed by atoms with Gasteiger partial charge in [0, 0.05) is 10.9 Å². The van der Waals surface area contributed by atoms with Crippen LogP contribution in [-0.4, -0.2) is 20.3 Å². The van der Waals surface area contributed by atoms with Crippen molar-refractivity contribution in [3.05, 3.63) is 59.9 Å². The van der Waals surface area contributed by atoms with E-state index in [-0.39, 0.29) is 18.1 Å². The fraction of sp³-hybridized carbons (Fsp3) is 0.286. The molecule has 1 aromatic heterocycles. The maximum atomic E-state index is 12.4. The largest absolute Gasteiger partial charge is 0.497 e. The number of furan rings is 1. The number of hydrogen-bond acceptors (Lipinski definition) is 4. The zero-order chi connectivity index (χ0) is 19.4. The number of methoxy groups -OCH3 is 2. The summed E-state index contributed by atoms with van der Waals surface area (Å²) in [5.74, 6) is 2.10. The van der Waals surface area contributed by atoms with Gasteiger partial charge in [-0.25, -0.2) is 4.79 Å². The summed E-state index contributed by atoms with van der Waals surface area (Å²) in [4.78, 5) is 12.4. The summed E-state index contributed by atoms with van der Waals surface area (Å²) >= 11 is 0. The number of urea groups is 1. The monoisotopic (exact) mass is 368 g/mol. The van der Waals surface area contributed by atoms with Crippen molar-refractivity contribution in [2.24, 2.45) is 0 Å². The minimum Gasteiger partial charge on any atom is -0.497 e. The van der Waals surface area contributed by atoms with Gasteiger partial charge < -0.3 is 24.5 Å². The Morgan fingerprint density at radius 1 is 0.963 bits per heavy atom. The quantitative estimate of drug-likeness (QED) is 0.668. The number of rotatable bonds is 6. The molecule has 0 saturated heterocycles. The van der Waals surface area contributed by atoms with Gasteiger partial charge in [0.05, 0.1) is 26.3 Å². The van der Waals surface area contributed by atoms with Crippen molar-refractivity contribution >= 4 is 17.0 Å². The Bertz CT molecular complexity index is 902. The summed E-state index contributed by atoms with van der Waals surface area (Å²) in [7, 11) is 3.20. The van der Waals surface area contributed by atoms with Crippen LogP contribution in [0.3, 0.4) is 0 Å². The van der Waals surface area contributed by atoms with Crippen molar-refractivity contribution in [3.63, 3.8) is 0 Å². The van der Waals surface area contributed by atoms with Crippen LogP contribution in [0.4, 0.5) is 4.79 Å². The average Bonchev–Trinajstić information content (AvgIpc) is 3.11. The van der Waals surface area contributed by atoms with Gasteiger partial charge in [-0.1, -0.05) is 18.2 Å². The predicted octanol–water partition coefficient (Wildman–Crippen LogP) is 4.57. The highest BCUT2D eigenvalue weighted by Gasteiger charge is 2.18. The van der Waals surface area contributed by atoms with Crippen molar-refractivity contribution in [2.75, 3.05) is 14.2 Å². The van der Waals surface area contributed by atoms with E-state index in [0.29, 0.717) is 17.3 Å². The van der Waals surface area contributed by atoms with Crippen LogP contribution in [0, 0.1) is 0 Å². The molecule has 0 fully saturated rings. The molecule has 6 heteroatoms. The Balaban J connectivity index is 1.68. The van der Waals surface area contributed by atoms with Crippen molar-refractivity contribution in [1.82, 2.24) is 10.6 Å². The third-order valence-electron chi connectivity index (χ3n) is 4.47. The van der Waals surface area contributed by atoms with E-state index in [2.05, 4.69) is 10.6 Å². The molecule has 2 atom stereocenters. The number of ether oxygens (including phenoxy) is 2. The molecule has 142 valence electrons. The molecule has 3 aromatic rings. The third kappa shape index (κ3) is 4.16. The lowest BCUT2D eigenvalue weighted by Crippen LogP contribution is -2.38. The number of fused-ring (bicyclic) bond motifs is 1. The van der Waals surface area contributed by atoms with Crippen molar-refractivity contribution in [3.8, 4) is 11.5 Å². The molecule has 27 heavy (non-hydrogen) atoms. The van der Waals surface area contributed by atoms with E-state index in [0.717, 1.165) is 16.5 Å². The molecular formula is C21H24N2O4. The molecule has 3 rings (SSSR count).